The van der Waals surface area contributed by atoms with Crippen molar-refractivity contribution in [3.05, 3.63) is 42.6 Å². The SMILES string of the molecule is C=C[Si](OCCCC)(OCCCC)c1ccccc1. The Kier molecular flexibility index (Phi) is 7.71. The van der Waals surface area contributed by atoms with Gasteiger partial charge in [-0.2, -0.15) is 0 Å². The van der Waals surface area contributed by atoms with Crippen LogP contribution in [0.5, 0.6) is 0 Å². The van der Waals surface area contributed by atoms with Gasteiger partial charge in [-0.1, -0.05) is 57.0 Å². The third kappa shape index (κ3) is 4.94. The maximum Gasteiger partial charge on any atom is 0.399 e. The largest absolute Gasteiger partial charge is 0.399 e. The summed E-state index contributed by atoms with van der Waals surface area (Å²) in [7, 11) is -2.46. The Bertz CT molecular complexity index is 341. The van der Waals surface area contributed by atoms with Gasteiger partial charge in [-0.15, -0.1) is 6.58 Å². The second-order valence-corrected chi connectivity index (χ2v) is 7.54. The molecule has 0 saturated carbocycles. The molecule has 1 aromatic rings. The normalized spacial score (nSPS) is 11.5. The van der Waals surface area contributed by atoms with E-state index in [0.29, 0.717) is 0 Å². The molecule has 1 rings (SSSR count). The number of hydrogen-bond donors (Lipinski definition) is 0. The second-order valence-electron chi connectivity index (χ2n) is 4.64. The highest BCUT2D eigenvalue weighted by atomic mass is 28.4. The van der Waals surface area contributed by atoms with Crippen LogP contribution in [0.1, 0.15) is 39.5 Å². The molecule has 0 spiro atoms. The number of unbranched alkanes of at least 4 members (excludes halogenated alkanes) is 2. The standard InChI is InChI=1S/C16H26O2Si/c1-4-7-14-17-19(6-3,18-15-8-5-2)16-12-10-9-11-13-16/h6,9-13H,3-5,7-8,14-15H2,1-2H3. The Morgan fingerprint density at radius 2 is 1.53 bits per heavy atom. The molecule has 0 saturated heterocycles. The maximum absolute atomic E-state index is 6.15. The van der Waals surface area contributed by atoms with Crippen LogP contribution in [0, 0.1) is 0 Å². The third-order valence-electron chi connectivity index (χ3n) is 3.07. The van der Waals surface area contributed by atoms with Gasteiger partial charge in [0.25, 0.3) is 0 Å². The molecule has 1 aromatic carbocycles. The third-order valence-corrected chi connectivity index (χ3v) is 6.02. The molecule has 0 atom stereocenters. The quantitative estimate of drug-likeness (QED) is 0.480. The van der Waals surface area contributed by atoms with Crippen LogP contribution in [0.4, 0.5) is 0 Å². The Labute approximate surface area is 118 Å². The topological polar surface area (TPSA) is 18.5 Å². The van der Waals surface area contributed by atoms with E-state index in [2.05, 4.69) is 32.6 Å². The summed E-state index contributed by atoms with van der Waals surface area (Å²) < 4.78 is 12.3. The molecular weight excluding hydrogens is 252 g/mol. The smallest absolute Gasteiger partial charge is 0.388 e. The first-order valence-corrected chi connectivity index (χ1v) is 9.15. The van der Waals surface area contributed by atoms with Gasteiger partial charge in [0, 0.05) is 13.2 Å². The summed E-state index contributed by atoms with van der Waals surface area (Å²) in [6, 6.07) is 10.3. The average molecular weight is 278 g/mol. The molecule has 0 aliphatic rings. The second kappa shape index (κ2) is 9.07. The number of hydrogen-bond acceptors (Lipinski definition) is 2. The molecule has 0 N–H and O–H groups in total. The summed E-state index contributed by atoms with van der Waals surface area (Å²) in [4.78, 5) is 0. The minimum atomic E-state index is -2.46. The van der Waals surface area contributed by atoms with Crippen LogP contribution in [0.2, 0.25) is 0 Å². The van der Waals surface area contributed by atoms with Gasteiger partial charge in [-0.3, -0.25) is 0 Å². The minimum absolute atomic E-state index is 0.746. The number of benzene rings is 1. The molecular formula is C16H26O2Si. The molecule has 2 nitrogen and oxygen atoms in total. The van der Waals surface area contributed by atoms with E-state index in [9.17, 15) is 0 Å². The van der Waals surface area contributed by atoms with Crippen LogP contribution in [0.3, 0.4) is 0 Å². The fraction of sp³-hybridized carbons (Fsp3) is 0.500. The average Bonchev–Trinajstić information content (AvgIpc) is 2.47. The zero-order valence-electron chi connectivity index (χ0n) is 12.2. The zero-order valence-corrected chi connectivity index (χ0v) is 13.2. The highest BCUT2D eigenvalue weighted by Gasteiger charge is 2.36. The lowest BCUT2D eigenvalue weighted by Crippen LogP contribution is -2.52. The van der Waals surface area contributed by atoms with E-state index < -0.39 is 8.56 Å². The lowest BCUT2D eigenvalue weighted by atomic mass is 10.4. The first kappa shape index (κ1) is 16.2. The van der Waals surface area contributed by atoms with E-state index in [0.717, 1.165) is 44.1 Å². The van der Waals surface area contributed by atoms with Crippen molar-refractivity contribution in [3.8, 4) is 0 Å². The molecule has 0 fully saturated rings. The van der Waals surface area contributed by atoms with E-state index in [-0.39, 0.29) is 0 Å². The van der Waals surface area contributed by atoms with Gasteiger partial charge >= 0.3 is 8.56 Å². The van der Waals surface area contributed by atoms with Gasteiger partial charge in [0.05, 0.1) is 0 Å². The van der Waals surface area contributed by atoms with Crippen molar-refractivity contribution in [1.82, 2.24) is 0 Å². The molecule has 0 radical (unpaired) electrons. The molecule has 19 heavy (non-hydrogen) atoms. The predicted molar refractivity (Wildman–Crippen MR) is 83.7 cm³/mol. The van der Waals surface area contributed by atoms with Crippen molar-refractivity contribution >= 4 is 13.7 Å². The molecule has 106 valence electrons. The van der Waals surface area contributed by atoms with Crippen LogP contribution < -0.4 is 5.19 Å². The van der Waals surface area contributed by atoms with Gasteiger partial charge in [-0.25, -0.2) is 0 Å². The van der Waals surface area contributed by atoms with E-state index in [1.54, 1.807) is 0 Å². The summed E-state index contributed by atoms with van der Waals surface area (Å²) in [5.74, 6) is 0. The summed E-state index contributed by atoms with van der Waals surface area (Å²) in [6.45, 7) is 9.81. The van der Waals surface area contributed by atoms with E-state index in [4.69, 9.17) is 8.85 Å². The van der Waals surface area contributed by atoms with Crippen LogP contribution in [0.25, 0.3) is 0 Å². The predicted octanol–water partition coefficient (Wildman–Crippen LogP) is 3.69. The van der Waals surface area contributed by atoms with Gasteiger partial charge < -0.3 is 8.85 Å². The van der Waals surface area contributed by atoms with E-state index >= 15 is 0 Å². The first-order chi connectivity index (χ1) is 9.29. The van der Waals surface area contributed by atoms with Gasteiger partial charge in [0.1, 0.15) is 0 Å². The maximum atomic E-state index is 6.15. The summed E-state index contributed by atoms with van der Waals surface area (Å²) in [5.41, 5.74) is 1.91. The highest BCUT2D eigenvalue weighted by molar-refractivity contribution is 6.85. The molecule has 3 heteroatoms. The summed E-state index contributed by atoms with van der Waals surface area (Å²) in [5, 5.41) is 1.15. The van der Waals surface area contributed by atoms with Crippen LogP contribution >= 0.6 is 0 Å². The van der Waals surface area contributed by atoms with Gasteiger partial charge in [0.15, 0.2) is 0 Å². The Balaban J connectivity index is 2.82. The molecule has 0 bridgehead atoms. The summed E-state index contributed by atoms with van der Waals surface area (Å²) >= 11 is 0. The van der Waals surface area contributed by atoms with Crippen molar-refractivity contribution in [2.75, 3.05) is 13.2 Å². The number of rotatable bonds is 10. The fourth-order valence-corrected chi connectivity index (χ4v) is 4.29. The van der Waals surface area contributed by atoms with Crippen LogP contribution in [-0.2, 0) is 8.85 Å². The van der Waals surface area contributed by atoms with Crippen molar-refractivity contribution < 1.29 is 8.85 Å². The lowest BCUT2D eigenvalue weighted by molar-refractivity contribution is 0.185. The fourth-order valence-electron chi connectivity index (χ4n) is 1.85. The lowest BCUT2D eigenvalue weighted by Gasteiger charge is -2.28. The van der Waals surface area contributed by atoms with E-state index in [1.165, 1.54) is 0 Å². The van der Waals surface area contributed by atoms with Crippen LogP contribution in [0.15, 0.2) is 42.6 Å². The van der Waals surface area contributed by atoms with Crippen molar-refractivity contribution in [3.63, 3.8) is 0 Å². The molecule has 0 unspecified atom stereocenters. The molecule has 0 aliphatic heterocycles. The van der Waals surface area contributed by atoms with E-state index in [1.807, 2.05) is 23.9 Å². The van der Waals surface area contributed by atoms with Crippen LogP contribution in [-0.4, -0.2) is 21.8 Å². The first-order valence-electron chi connectivity index (χ1n) is 7.26. The van der Waals surface area contributed by atoms with Crippen molar-refractivity contribution in [1.29, 1.82) is 0 Å². The van der Waals surface area contributed by atoms with Gasteiger partial charge in [0.2, 0.25) is 0 Å². The highest BCUT2D eigenvalue weighted by Crippen LogP contribution is 2.12. The Morgan fingerprint density at radius 1 is 1.00 bits per heavy atom. The molecule has 0 amide bonds. The summed E-state index contributed by atoms with van der Waals surface area (Å²) in [6.07, 6.45) is 4.38. The molecule has 0 aromatic heterocycles. The monoisotopic (exact) mass is 278 g/mol. The zero-order chi connectivity index (χ0) is 14.0. The molecule has 0 heterocycles. The van der Waals surface area contributed by atoms with Crippen molar-refractivity contribution in [2.24, 2.45) is 0 Å². The Morgan fingerprint density at radius 3 is 1.95 bits per heavy atom. The molecule has 0 aliphatic carbocycles. The van der Waals surface area contributed by atoms with Gasteiger partial charge in [-0.05, 0) is 23.7 Å². The minimum Gasteiger partial charge on any atom is -0.388 e. The Hall–Kier alpha value is -0.903. The van der Waals surface area contributed by atoms with Crippen molar-refractivity contribution in [2.45, 2.75) is 39.5 Å².